The second kappa shape index (κ2) is 5.28. The van der Waals surface area contributed by atoms with E-state index in [2.05, 4.69) is 60.1 Å². The Morgan fingerprint density at radius 1 is 0.850 bits per heavy atom. The van der Waals surface area contributed by atoms with Gasteiger partial charge in [0.15, 0.2) is 0 Å². The minimum Gasteiger partial charge on any atom is -0.102 e. The molecule has 0 spiro atoms. The van der Waals surface area contributed by atoms with Crippen LogP contribution in [0.5, 0.6) is 0 Å². The Kier molecular flexibility index (Phi) is 3.32. The fourth-order valence-corrected chi connectivity index (χ4v) is 2.72. The summed E-state index contributed by atoms with van der Waals surface area (Å²) < 4.78 is 0. The summed E-state index contributed by atoms with van der Waals surface area (Å²) in [6, 6.07) is 11.0. The van der Waals surface area contributed by atoms with Gasteiger partial charge in [0.2, 0.25) is 0 Å². The molecule has 0 heterocycles. The number of hydrogen-bond acceptors (Lipinski definition) is 0. The Balaban J connectivity index is 2.14. The van der Waals surface area contributed by atoms with E-state index in [1.54, 1.807) is 0 Å². The number of fused-ring (bicyclic) bond motifs is 2. The van der Waals surface area contributed by atoms with Crippen molar-refractivity contribution in [1.29, 1.82) is 0 Å². The van der Waals surface area contributed by atoms with Crippen molar-refractivity contribution < 1.29 is 0 Å². The molecule has 96 valence electrons. The highest BCUT2D eigenvalue weighted by molar-refractivity contribution is 5.88. The van der Waals surface area contributed by atoms with Gasteiger partial charge in [-0.15, -0.1) is 11.8 Å². The Morgan fingerprint density at radius 3 is 2.50 bits per heavy atom. The van der Waals surface area contributed by atoms with E-state index >= 15 is 0 Å². The van der Waals surface area contributed by atoms with Crippen molar-refractivity contribution in [2.24, 2.45) is 0 Å². The van der Waals surface area contributed by atoms with E-state index in [0.717, 1.165) is 18.4 Å². The summed E-state index contributed by atoms with van der Waals surface area (Å²) >= 11 is 0. The van der Waals surface area contributed by atoms with Crippen LogP contribution in [-0.2, 0) is 6.42 Å². The number of hydrogen-bond donors (Lipinski definition) is 0. The zero-order valence-corrected chi connectivity index (χ0v) is 11.9. The number of allylic oxidation sites excluding steroid dienone is 1. The Bertz CT molecular complexity index is 827. The smallest absolute Gasteiger partial charge is 0.0251 e. The van der Waals surface area contributed by atoms with Gasteiger partial charge < -0.3 is 0 Å². The van der Waals surface area contributed by atoms with Gasteiger partial charge in [0.25, 0.3) is 0 Å². The molecule has 0 aromatic heterocycles. The lowest BCUT2D eigenvalue weighted by atomic mass is 9.90. The van der Waals surface area contributed by atoms with Crippen molar-refractivity contribution in [3.8, 4) is 23.7 Å². The van der Waals surface area contributed by atoms with Gasteiger partial charge >= 0.3 is 0 Å². The molecule has 0 fully saturated rings. The maximum atomic E-state index is 3.19. The monoisotopic (exact) mass is 256 g/mol. The van der Waals surface area contributed by atoms with E-state index in [-0.39, 0.29) is 0 Å². The molecule has 0 saturated heterocycles. The lowest BCUT2D eigenvalue weighted by molar-refractivity contribution is 0.960. The molecule has 1 aliphatic carbocycles. The van der Waals surface area contributed by atoms with Crippen LogP contribution in [0.15, 0.2) is 35.9 Å². The molecule has 0 unspecified atom stereocenters. The van der Waals surface area contributed by atoms with Crippen molar-refractivity contribution in [1.82, 2.24) is 0 Å². The zero-order chi connectivity index (χ0) is 13.9. The van der Waals surface area contributed by atoms with Crippen LogP contribution in [0.3, 0.4) is 0 Å². The van der Waals surface area contributed by atoms with Crippen molar-refractivity contribution in [3.63, 3.8) is 0 Å². The normalized spacial score (nSPS) is 12.6. The summed E-state index contributed by atoms with van der Waals surface area (Å²) in [5, 5.41) is 2.55. The molecule has 0 bridgehead atoms. The quantitative estimate of drug-likeness (QED) is 0.606. The molecule has 2 aromatic carbocycles. The van der Waals surface area contributed by atoms with Crippen LogP contribution >= 0.6 is 0 Å². The van der Waals surface area contributed by atoms with Crippen molar-refractivity contribution >= 4 is 16.8 Å². The molecule has 1 aliphatic rings. The van der Waals surface area contributed by atoms with Crippen LogP contribution in [0.1, 0.15) is 37.0 Å². The van der Waals surface area contributed by atoms with E-state index < -0.39 is 0 Å². The number of aryl methyl sites for hydroxylation is 1. The first-order chi connectivity index (χ1) is 9.80. The van der Waals surface area contributed by atoms with E-state index in [1.807, 2.05) is 13.8 Å². The average Bonchev–Trinajstić information content (AvgIpc) is 2.46. The van der Waals surface area contributed by atoms with Gasteiger partial charge in [-0.05, 0) is 72.9 Å². The van der Waals surface area contributed by atoms with Crippen LogP contribution in [0.25, 0.3) is 16.8 Å². The first-order valence-electron chi connectivity index (χ1n) is 6.93. The van der Waals surface area contributed by atoms with Crippen LogP contribution in [0, 0.1) is 23.7 Å². The van der Waals surface area contributed by atoms with E-state index in [0.29, 0.717) is 0 Å². The standard InChI is InChI=1S/C20H16/c1-3-5-15-7-9-17-14-20-12-16(6-4-2)8-10-18(20)13-19(17)11-15/h7,9,11-14H,8,10H2,1-2H3. The maximum Gasteiger partial charge on any atom is 0.0251 e. The fraction of sp³-hybridized carbons (Fsp3) is 0.200. The number of rotatable bonds is 0. The topological polar surface area (TPSA) is 0 Å². The van der Waals surface area contributed by atoms with Gasteiger partial charge in [-0.25, -0.2) is 0 Å². The maximum absolute atomic E-state index is 3.19. The van der Waals surface area contributed by atoms with Crippen molar-refractivity contribution in [2.45, 2.75) is 26.7 Å². The summed E-state index contributed by atoms with van der Waals surface area (Å²) in [6.07, 6.45) is 4.36. The molecule has 2 aromatic rings. The molecular weight excluding hydrogens is 240 g/mol. The molecule has 0 N–H and O–H groups in total. The van der Waals surface area contributed by atoms with Crippen LogP contribution < -0.4 is 0 Å². The van der Waals surface area contributed by atoms with E-state index in [1.165, 1.54) is 27.5 Å². The highest BCUT2D eigenvalue weighted by atomic mass is 14.1. The molecule has 20 heavy (non-hydrogen) atoms. The Labute approximate surface area is 120 Å². The Morgan fingerprint density at radius 2 is 1.70 bits per heavy atom. The average molecular weight is 256 g/mol. The van der Waals surface area contributed by atoms with Crippen LogP contribution in [0.2, 0.25) is 0 Å². The molecule has 0 heteroatoms. The van der Waals surface area contributed by atoms with Crippen molar-refractivity contribution in [3.05, 3.63) is 52.6 Å². The third kappa shape index (κ3) is 2.34. The molecule has 0 radical (unpaired) electrons. The summed E-state index contributed by atoms with van der Waals surface area (Å²) in [4.78, 5) is 0. The lowest BCUT2D eigenvalue weighted by Crippen LogP contribution is -1.98. The minimum absolute atomic E-state index is 1.05. The second-order valence-corrected chi connectivity index (χ2v) is 5.03. The fourth-order valence-electron chi connectivity index (χ4n) is 2.72. The first-order valence-corrected chi connectivity index (χ1v) is 6.93. The van der Waals surface area contributed by atoms with Gasteiger partial charge in [-0.3, -0.25) is 0 Å². The summed E-state index contributed by atoms with van der Waals surface area (Å²) in [6.45, 7) is 3.77. The predicted molar refractivity (Wildman–Crippen MR) is 86.2 cm³/mol. The Hall–Kier alpha value is -2.44. The SMILES string of the molecule is CC#CC1=Cc2cc3ccc(C#CC)cc3cc2CC1. The third-order valence-corrected chi connectivity index (χ3v) is 3.65. The van der Waals surface area contributed by atoms with Gasteiger partial charge in [-0.1, -0.05) is 24.0 Å². The summed E-state index contributed by atoms with van der Waals surface area (Å²) in [7, 11) is 0. The summed E-state index contributed by atoms with van der Waals surface area (Å²) in [5.74, 6) is 12.3. The molecule has 0 saturated carbocycles. The largest absolute Gasteiger partial charge is 0.102 e. The highest BCUT2D eigenvalue weighted by Gasteiger charge is 2.10. The zero-order valence-electron chi connectivity index (χ0n) is 11.9. The summed E-state index contributed by atoms with van der Waals surface area (Å²) in [5.41, 5.74) is 5.06. The third-order valence-electron chi connectivity index (χ3n) is 3.65. The van der Waals surface area contributed by atoms with Gasteiger partial charge in [-0.2, -0.15) is 0 Å². The van der Waals surface area contributed by atoms with E-state index in [4.69, 9.17) is 0 Å². The lowest BCUT2D eigenvalue weighted by Gasteiger charge is -2.14. The van der Waals surface area contributed by atoms with E-state index in [9.17, 15) is 0 Å². The van der Waals surface area contributed by atoms with Crippen LogP contribution in [-0.4, -0.2) is 0 Å². The van der Waals surface area contributed by atoms with Gasteiger partial charge in [0.05, 0.1) is 0 Å². The highest BCUT2D eigenvalue weighted by Crippen LogP contribution is 2.28. The molecule has 3 rings (SSSR count). The van der Waals surface area contributed by atoms with Crippen molar-refractivity contribution in [2.75, 3.05) is 0 Å². The molecule has 0 atom stereocenters. The second-order valence-electron chi connectivity index (χ2n) is 5.03. The molecular formula is C20H16. The van der Waals surface area contributed by atoms with Gasteiger partial charge in [0, 0.05) is 11.1 Å². The van der Waals surface area contributed by atoms with Gasteiger partial charge in [0.1, 0.15) is 0 Å². The number of benzene rings is 2. The predicted octanol–water partition coefficient (Wildman–Crippen LogP) is 4.56. The first kappa shape index (κ1) is 12.6. The minimum atomic E-state index is 1.05. The molecule has 0 amide bonds. The van der Waals surface area contributed by atoms with Crippen LogP contribution in [0.4, 0.5) is 0 Å². The molecule has 0 aliphatic heterocycles. The molecule has 0 nitrogen and oxygen atoms in total.